The number of rotatable bonds is 7. The molecule has 0 radical (unpaired) electrons. The summed E-state index contributed by atoms with van der Waals surface area (Å²) in [5, 5.41) is 2.94. The van der Waals surface area contributed by atoms with Crippen molar-refractivity contribution >= 4 is 27.3 Å². The van der Waals surface area contributed by atoms with Crippen molar-refractivity contribution in [3.8, 4) is 5.75 Å². The average Bonchev–Trinajstić information content (AvgIpc) is 2.79. The van der Waals surface area contributed by atoms with Crippen LogP contribution in [0.2, 0.25) is 0 Å². The van der Waals surface area contributed by atoms with Gasteiger partial charge in [0.05, 0.1) is 17.7 Å². The summed E-state index contributed by atoms with van der Waals surface area (Å²) in [5.74, 6) is 0.282. The molecule has 0 aliphatic heterocycles. The Morgan fingerprint density at radius 3 is 2.35 bits per heavy atom. The van der Waals surface area contributed by atoms with Gasteiger partial charge < -0.3 is 10.1 Å². The number of methoxy groups -OCH3 is 1. The van der Waals surface area contributed by atoms with E-state index in [0.29, 0.717) is 11.4 Å². The van der Waals surface area contributed by atoms with Gasteiger partial charge in [-0.15, -0.1) is 0 Å². The van der Waals surface area contributed by atoms with Crippen LogP contribution in [0.4, 0.5) is 11.4 Å². The molecule has 0 aliphatic carbocycles. The molecule has 0 bridgehead atoms. The van der Waals surface area contributed by atoms with Gasteiger partial charge in [-0.2, -0.15) is 0 Å². The summed E-state index contributed by atoms with van der Waals surface area (Å²) in [6.45, 7) is 3.95. The number of nitrogens with zero attached hydrogens (tertiary/aromatic N) is 1. The highest BCUT2D eigenvalue weighted by atomic mass is 32.2. The first-order valence-electron chi connectivity index (χ1n) is 9.90. The van der Waals surface area contributed by atoms with E-state index < -0.39 is 10.0 Å². The number of nitrogens with one attached hydrogen (secondary N) is 1. The molecule has 0 aliphatic rings. The monoisotopic (exact) mass is 438 g/mol. The van der Waals surface area contributed by atoms with Crippen molar-refractivity contribution in [2.24, 2.45) is 0 Å². The number of benzene rings is 3. The zero-order valence-electron chi connectivity index (χ0n) is 18.0. The molecule has 1 amide bonds. The molecule has 3 aromatic carbocycles. The Kier molecular flexibility index (Phi) is 6.65. The van der Waals surface area contributed by atoms with E-state index in [4.69, 9.17) is 4.74 Å². The number of para-hydroxylation sites is 1. The topological polar surface area (TPSA) is 75.7 Å². The molecule has 31 heavy (non-hydrogen) atoms. The molecule has 7 heteroatoms. The van der Waals surface area contributed by atoms with Crippen LogP contribution in [0.1, 0.15) is 28.4 Å². The van der Waals surface area contributed by atoms with E-state index >= 15 is 0 Å². The van der Waals surface area contributed by atoms with Gasteiger partial charge in [0, 0.05) is 18.3 Å². The van der Waals surface area contributed by atoms with E-state index in [1.807, 2.05) is 32.0 Å². The molecular formula is C24H26N2O4S. The first-order valence-corrected chi connectivity index (χ1v) is 11.3. The molecule has 6 nitrogen and oxygen atoms in total. The highest BCUT2D eigenvalue weighted by Crippen LogP contribution is 2.26. The van der Waals surface area contributed by atoms with E-state index in [0.717, 1.165) is 23.2 Å². The van der Waals surface area contributed by atoms with Gasteiger partial charge in [-0.3, -0.25) is 9.10 Å². The molecule has 3 rings (SSSR count). The molecule has 162 valence electrons. The third kappa shape index (κ3) is 4.72. The number of ether oxygens (including phenoxy) is 1. The molecule has 1 N–H and O–H groups in total. The van der Waals surface area contributed by atoms with Gasteiger partial charge >= 0.3 is 0 Å². The predicted octanol–water partition coefficient (Wildman–Crippen LogP) is 4.64. The Balaban J connectivity index is 1.89. The first-order chi connectivity index (χ1) is 14.8. The van der Waals surface area contributed by atoms with Crippen molar-refractivity contribution in [1.82, 2.24) is 0 Å². The molecule has 0 fully saturated rings. The lowest BCUT2D eigenvalue weighted by Gasteiger charge is -2.20. The Labute approximate surface area is 183 Å². The standard InChI is InChI=1S/C24H26N2O4S/c1-5-18-9-6-8-17(2)23(18)25-24(27)19-10-7-11-22(16-19)31(28,29)26(3)20-12-14-21(30-4)15-13-20/h6-16H,5H2,1-4H3,(H,25,27). The van der Waals surface area contributed by atoms with Gasteiger partial charge in [-0.25, -0.2) is 8.42 Å². The van der Waals surface area contributed by atoms with Crippen molar-refractivity contribution in [3.63, 3.8) is 0 Å². The molecule has 0 saturated heterocycles. The fourth-order valence-electron chi connectivity index (χ4n) is 3.27. The van der Waals surface area contributed by atoms with Gasteiger partial charge in [0.25, 0.3) is 15.9 Å². The minimum absolute atomic E-state index is 0.0407. The van der Waals surface area contributed by atoms with Crippen LogP contribution in [0, 0.1) is 6.92 Å². The van der Waals surface area contributed by atoms with Crippen LogP contribution in [0.15, 0.2) is 71.6 Å². The maximum Gasteiger partial charge on any atom is 0.264 e. The largest absolute Gasteiger partial charge is 0.497 e. The molecule has 0 spiro atoms. The van der Waals surface area contributed by atoms with E-state index in [1.165, 1.54) is 23.5 Å². The summed E-state index contributed by atoms with van der Waals surface area (Å²) in [7, 11) is -0.824. The van der Waals surface area contributed by atoms with E-state index in [1.54, 1.807) is 43.5 Å². The quantitative estimate of drug-likeness (QED) is 0.583. The van der Waals surface area contributed by atoms with Crippen LogP contribution in [0.25, 0.3) is 0 Å². The van der Waals surface area contributed by atoms with Crippen LogP contribution >= 0.6 is 0 Å². The smallest absolute Gasteiger partial charge is 0.264 e. The molecule has 0 saturated carbocycles. The lowest BCUT2D eigenvalue weighted by Crippen LogP contribution is -2.27. The third-order valence-corrected chi connectivity index (χ3v) is 6.95. The van der Waals surface area contributed by atoms with Crippen molar-refractivity contribution < 1.29 is 17.9 Å². The third-order valence-electron chi connectivity index (χ3n) is 5.17. The zero-order chi connectivity index (χ0) is 22.6. The Morgan fingerprint density at radius 2 is 1.71 bits per heavy atom. The number of amides is 1. The lowest BCUT2D eigenvalue weighted by molar-refractivity contribution is 0.102. The number of carbonyl (C=O) groups is 1. The Hall–Kier alpha value is -3.32. The summed E-state index contributed by atoms with van der Waals surface area (Å²) in [4.78, 5) is 12.9. The fraction of sp³-hybridized carbons (Fsp3) is 0.208. The van der Waals surface area contributed by atoms with E-state index in [2.05, 4.69) is 5.32 Å². The fourth-order valence-corrected chi connectivity index (χ4v) is 4.52. The van der Waals surface area contributed by atoms with Crippen LogP contribution < -0.4 is 14.4 Å². The number of hydrogen-bond acceptors (Lipinski definition) is 4. The second-order valence-electron chi connectivity index (χ2n) is 7.12. The summed E-state index contributed by atoms with van der Waals surface area (Å²) < 4.78 is 32.6. The normalized spacial score (nSPS) is 11.1. The van der Waals surface area contributed by atoms with Crippen LogP contribution in [0.3, 0.4) is 0 Å². The number of carbonyl (C=O) groups excluding carboxylic acids is 1. The van der Waals surface area contributed by atoms with Crippen molar-refractivity contribution in [3.05, 3.63) is 83.4 Å². The summed E-state index contributed by atoms with van der Waals surface area (Å²) in [6, 6.07) is 18.6. The zero-order valence-corrected chi connectivity index (χ0v) is 18.9. The second kappa shape index (κ2) is 9.22. The number of sulfonamides is 1. The number of anilines is 2. The predicted molar refractivity (Wildman–Crippen MR) is 124 cm³/mol. The van der Waals surface area contributed by atoms with Gasteiger partial charge in [0.1, 0.15) is 5.75 Å². The summed E-state index contributed by atoms with van der Waals surface area (Å²) in [5.41, 5.74) is 3.50. The van der Waals surface area contributed by atoms with Crippen molar-refractivity contribution in [2.45, 2.75) is 25.2 Å². The highest BCUT2D eigenvalue weighted by Gasteiger charge is 2.23. The summed E-state index contributed by atoms with van der Waals surface area (Å²) in [6.07, 6.45) is 0.776. The Morgan fingerprint density at radius 1 is 1.03 bits per heavy atom. The maximum atomic E-state index is 13.1. The van der Waals surface area contributed by atoms with Gasteiger partial charge in [-0.1, -0.05) is 31.2 Å². The molecular weight excluding hydrogens is 412 g/mol. The molecule has 0 aromatic heterocycles. The van der Waals surface area contributed by atoms with Gasteiger partial charge in [-0.05, 0) is 66.9 Å². The van der Waals surface area contributed by atoms with Gasteiger partial charge in [0.2, 0.25) is 0 Å². The summed E-state index contributed by atoms with van der Waals surface area (Å²) >= 11 is 0. The second-order valence-corrected chi connectivity index (χ2v) is 9.08. The average molecular weight is 439 g/mol. The highest BCUT2D eigenvalue weighted by molar-refractivity contribution is 7.92. The minimum Gasteiger partial charge on any atom is -0.497 e. The van der Waals surface area contributed by atoms with E-state index in [9.17, 15) is 13.2 Å². The molecule has 0 atom stereocenters. The SMILES string of the molecule is CCc1cccc(C)c1NC(=O)c1cccc(S(=O)(=O)N(C)c2ccc(OC)cc2)c1. The van der Waals surface area contributed by atoms with Crippen molar-refractivity contribution in [1.29, 1.82) is 0 Å². The Bertz CT molecular complexity index is 1190. The number of hydrogen-bond donors (Lipinski definition) is 1. The molecule has 0 unspecified atom stereocenters. The minimum atomic E-state index is -3.85. The molecule has 3 aromatic rings. The first kappa shape index (κ1) is 22.4. The van der Waals surface area contributed by atoms with Crippen LogP contribution in [-0.4, -0.2) is 28.5 Å². The van der Waals surface area contributed by atoms with E-state index in [-0.39, 0.29) is 16.4 Å². The molecule has 0 heterocycles. The maximum absolute atomic E-state index is 13.1. The van der Waals surface area contributed by atoms with Crippen LogP contribution in [0.5, 0.6) is 5.75 Å². The van der Waals surface area contributed by atoms with Gasteiger partial charge in [0.15, 0.2) is 0 Å². The number of aryl methyl sites for hydroxylation is 2. The van der Waals surface area contributed by atoms with Crippen molar-refractivity contribution in [2.75, 3.05) is 23.8 Å². The lowest BCUT2D eigenvalue weighted by atomic mass is 10.1. The van der Waals surface area contributed by atoms with Crippen LogP contribution in [-0.2, 0) is 16.4 Å².